The van der Waals surface area contributed by atoms with E-state index in [-0.39, 0.29) is 10.8 Å². The molecule has 2 aromatic rings. The molecule has 1 N–H and O–H groups in total. The van der Waals surface area contributed by atoms with E-state index in [9.17, 15) is 13.2 Å². The van der Waals surface area contributed by atoms with Gasteiger partial charge in [0.1, 0.15) is 5.75 Å². The molecule has 0 atom stereocenters. The van der Waals surface area contributed by atoms with Gasteiger partial charge >= 0.3 is 0 Å². The van der Waals surface area contributed by atoms with Crippen molar-refractivity contribution in [3.8, 4) is 5.75 Å². The van der Waals surface area contributed by atoms with Crippen LogP contribution < -0.4 is 10.1 Å². The molecule has 0 bridgehead atoms. The Hall–Kier alpha value is -2.38. The van der Waals surface area contributed by atoms with E-state index in [4.69, 9.17) is 4.74 Å². The molecule has 0 saturated carbocycles. The molecule has 150 valence electrons. The summed E-state index contributed by atoms with van der Waals surface area (Å²) in [5.74, 6) is 0.304. The Morgan fingerprint density at radius 3 is 2.46 bits per heavy atom. The zero-order chi connectivity index (χ0) is 20.0. The second kappa shape index (κ2) is 9.21. The molecule has 28 heavy (non-hydrogen) atoms. The normalized spacial score (nSPS) is 15.6. The first-order chi connectivity index (χ1) is 13.5. The van der Waals surface area contributed by atoms with Gasteiger partial charge in [0.2, 0.25) is 10.0 Å². The van der Waals surface area contributed by atoms with Gasteiger partial charge in [-0.15, -0.1) is 0 Å². The zero-order valence-electron chi connectivity index (χ0n) is 16.1. The summed E-state index contributed by atoms with van der Waals surface area (Å²) in [5.41, 5.74) is 0.898. The molecule has 1 heterocycles. The summed E-state index contributed by atoms with van der Waals surface area (Å²) in [5, 5.41) is 2.78. The van der Waals surface area contributed by atoms with Crippen molar-refractivity contribution in [2.45, 2.75) is 37.5 Å². The third-order valence-corrected chi connectivity index (χ3v) is 6.60. The fraction of sp³-hybridized carbons (Fsp3) is 0.381. The predicted molar refractivity (Wildman–Crippen MR) is 109 cm³/mol. The third kappa shape index (κ3) is 4.91. The summed E-state index contributed by atoms with van der Waals surface area (Å²) in [4.78, 5) is 12.8. The van der Waals surface area contributed by atoms with Gasteiger partial charge in [-0.05, 0) is 56.2 Å². The van der Waals surface area contributed by atoms with Crippen LogP contribution in [0.5, 0.6) is 5.75 Å². The van der Waals surface area contributed by atoms with Crippen LogP contribution in [0.25, 0.3) is 0 Å². The number of nitrogens with zero attached hydrogens (tertiary/aromatic N) is 1. The van der Waals surface area contributed by atoms with Crippen LogP contribution in [0.3, 0.4) is 0 Å². The second-order valence-corrected chi connectivity index (χ2v) is 8.70. The van der Waals surface area contributed by atoms with Crippen LogP contribution in [0, 0.1) is 0 Å². The van der Waals surface area contributed by atoms with Gasteiger partial charge in [0.15, 0.2) is 0 Å². The van der Waals surface area contributed by atoms with Gasteiger partial charge in [0.05, 0.1) is 11.5 Å². The van der Waals surface area contributed by atoms with Crippen molar-refractivity contribution in [2.24, 2.45) is 0 Å². The minimum absolute atomic E-state index is 0.204. The summed E-state index contributed by atoms with van der Waals surface area (Å²) in [7, 11) is -3.56. The number of anilines is 1. The van der Waals surface area contributed by atoms with Gasteiger partial charge in [0.25, 0.3) is 5.91 Å². The summed E-state index contributed by atoms with van der Waals surface area (Å²) < 4.78 is 32.9. The summed E-state index contributed by atoms with van der Waals surface area (Å²) in [6.45, 7) is 3.48. The smallest absolute Gasteiger partial charge is 0.255 e. The molecular weight excluding hydrogens is 376 g/mol. The lowest BCUT2D eigenvalue weighted by molar-refractivity contribution is 0.102. The van der Waals surface area contributed by atoms with Crippen LogP contribution in [0.15, 0.2) is 53.4 Å². The van der Waals surface area contributed by atoms with Crippen molar-refractivity contribution in [3.63, 3.8) is 0 Å². The Morgan fingerprint density at radius 2 is 1.75 bits per heavy atom. The summed E-state index contributed by atoms with van der Waals surface area (Å²) >= 11 is 0. The molecule has 0 unspecified atom stereocenters. The van der Waals surface area contributed by atoms with Gasteiger partial charge in [-0.2, -0.15) is 4.31 Å². The number of benzene rings is 2. The topological polar surface area (TPSA) is 75.7 Å². The third-order valence-electron chi connectivity index (χ3n) is 4.70. The average Bonchev–Trinajstić information content (AvgIpc) is 2.99. The van der Waals surface area contributed by atoms with Crippen LogP contribution in [0.1, 0.15) is 43.0 Å². The molecule has 1 aliphatic rings. The minimum Gasteiger partial charge on any atom is -0.494 e. The van der Waals surface area contributed by atoms with E-state index in [1.54, 1.807) is 46.8 Å². The number of amides is 1. The van der Waals surface area contributed by atoms with E-state index in [1.807, 2.05) is 6.92 Å². The maximum atomic E-state index is 13.0. The Balaban J connectivity index is 1.77. The number of nitrogens with one attached hydrogen (secondary N) is 1. The maximum Gasteiger partial charge on any atom is 0.255 e. The summed E-state index contributed by atoms with van der Waals surface area (Å²) in [6.07, 6.45) is 3.88. The lowest BCUT2D eigenvalue weighted by Gasteiger charge is -2.20. The monoisotopic (exact) mass is 402 g/mol. The molecule has 0 aliphatic carbocycles. The first-order valence-corrected chi connectivity index (χ1v) is 11.1. The Kier molecular flexibility index (Phi) is 6.70. The van der Waals surface area contributed by atoms with Crippen LogP contribution in [0.4, 0.5) is 5.69 Å². The van der Waals surface area contributed by atoms with Crippen molar-refractivity contribution in [2.75, 3.05) is 25.0 Å². The fourth-order valence-electron chi connectivity index (χ4n) is 3.26. The number of rotatable bonds is 6. The standard InChI is InChI=1S/C21H26N2O4S/c1-2-27-19-11-7-9-17(15-19)21(24)22-18-10-8-12-20(16-18)28(25,26)23-13-5-3-4-6-14-23/h7-12,15-16H,2-6,13-14H2,1H3,(H,22,24). The average molecular weight is 403 g/mol. The second-order valence-electron chi connectivity index (χ2n) is 6.76. The molecule has 1 saturated heterocycles. The molecule has 1 amide bonds. The first-order valence-electron chi connectivity index (χ1n) is 9.65. The van der Waals surface area contributed by atoms with E-state index in [2.05, 4.69) is 5.32 Å². The van der Waals surface area contributed by atoms with Crippen LogP contribution in [-0.4, -0.2) is 38.3 Å². The molecule has 1 fully saturated rings. The number of sulfonamides is 1. The van der Waals surface area contributed by atoms with E-state index in [0.29, 0.717) is 36.7 Å². The number of ether oxygens (including phenoxy) is 1. The van der Waals surface area contributed by atoms with Crippen molar-refractivity contribution in [3.05, 3.63) is 54.1 Å². The highest BCUT2D eigenvalue weighted by Gasteiger charge is 2.25. The van der Waals surface area contributed by atoms with E-state index in [1.165, 1.54) is 6.07 Å². The predicted octanol–water partition coefficient (Wildman–Crippen LogP) is 3.90. The van der Waals surface area contributed by atoms with E-state index < -0.39 is 10.0 Å². The Morgan fingerprint density at radius 1 is 1.04 bits per heavy atom. The van der Waals surface area contributed by atoms with Gasteiger partial charge in [-0.1, -0.05) is 25.0 Å². The molecular formula is C21H26N2O4S. The van der Waals surface area contributed by atoms with Crippen LogP contribution in [0.2, 0.25) is 0 Å². The molecule has 7 heteroatoms. The maximum absolute atomic E-state index is 13.0. The molecule has 0 radical (unpaired) electrons. The lowest BCUT2D eigenvalue weighted by atomic mass is 10.2. The molecule has 0 aromatic heterocycles. The van der Waals surface area contributed by atoms with Gasteiger partial charge in [0, 0.05) is 24.3 Å². The Bertz CT molecular complexity index is 920. The van der Waals surface area contributed by atoms with E-state index in [0.717, 1.165) is 25.7 Å². The van der Waals surface area contributed by atoms with Crippen LogP contribution in [-0.2, 0) is 10.0 Å². The van der Waals surface area contributed by atoms with Crippen molar-refractivity contribution in [1.82, 2.24) is 4.31 Å². The minimum atomic E-state index is -3.56. The van der Waals surface area contributed by atoms with Gasteiger partial charge < -0.3 is 10.1 Å². The highest BCUT2D eigenvalue weighted by atomic mass is 32.2. The van der Waals surface area contributed by atoms with Gasteiger partial charge in [-0.25, -0.2) is 8.42 Å². The molecule has 2 aromatic carbocycles. The largest absolute Gasteiger partial charge is 0.494 e. The molecule has 6 nitrogen and oxygen atoms in total. The fourth-order valence-corrected chi connectivity index (χ4v) is 4.83. The number of carbonyl (C=O) groups excluding carboxylic acids is 1. The summed E-state index contributed by atoms with van der Waals surface area (Å²) in [6, 6.07) is 13.3. The highest BCUT2D eigenvalue weighted by Crippen LogP contribution is 2.23. The molecule has 1 aliphatic heterocycles. The zero-order valence-corrected chi connectivity index (χ0v) is 16.9. The quantitative estimate of drug-likeness (QED) is 0.795. The van der Waals surface area contributed by atoms with E-state index >= 15 is 0 Å². The van der Waals surface area contributed by atoms with Crippen molar-refractivity contribution in [1.29, 1.82) is 0 Å². The lowest BCUT2D eigenvalue weighted by Crippen LogP contribution is -2.32. The van der Waals surface area contributed by atoms with Gasteiger partial charge in [-0.3, -0.25) is 4.79 Å². The molecule has 0 spiro atoms. The Labute approximate surface area is 166 Å². The molecule has 3 rings (SSSR count). The number of carbonyl (C=O) groups is 1. The SMILES string of the molecule is CCOc1cccc(C(=O)Nc2cccc(S(=O)(=O)N3CCCCCC3)c2)c1. The van der Waals surface area contributed by atoms with Crippen LogP contribution >= 0.6 is 0 Å². The first kappa shape index (κ1) is 20.4. The number of hydrogen-bond donors (Lipinski definition) is 1. The highest BCUT2D eigenvalue weighted by molar-refractivity contribution is 7.89. The number of hydrogen-bond acceptors (Lipinski definition) is 4. The van der Waals surface area contributed by atoms with Crippen molar-refractivity contribution < 1.29 is 17.9 Å². The van der Waals surface area contributed by atoms with Crippen molar-refractivity contribution >= 4 is 21.6 Å².